The van der Waals surface area contributed by atoms with Crippen LogP contribution in [0.1, 0.15) is 17.5 Å². The van der Waals surface area contributed by atoms with Crippen molar-refractivity contribution in [3.8, 4) is 11.8 Å². The Bertz CT molecular complexity index is 348. The zero-order valence-electron chi connectivity index (χ0n) is 6.37. The average Bonchev–Trinajstić information content (AvgIpc) is 2.47. The molecule has 0 saturated heterocycles. The fraction of sp³-hybridized carbons (Fsp3) is 0.286. The van der Waals surface area contributed by atoms with Gasteiger partial charge in [0.2, 0.25) is 0 Å². The van der Waals surface area contributed by atoms with E-state index in [1.54, 1.807) is 0 Å². The predicted octanol–water partition coefficient (Wildman–Crippen LogP) is 0.537. The molecule has 0 bridgehead atoms. The maximum atomic E-state index is 10.1. The molecular formula is C7H6N2O2S. The van der Waals surface area contributed by atoms with Crippen LogP contribution in [0.5, 0.6) is 0 Å². The molecule has 0 unspecified atom stereocenters. The van der Waals surface area contributed by atoms with E-state index in [4.69, 9.17) is 5.11 Å². The Kier molecular flexibility index (Phi) is 2.77. The van der Waals surface area contributed by atoms with Crippen molar-refractivity contribution in [3.63, 3.8) is 0 Å². The zero-order valence-corrected chi connectivity index (χ0v) is 7.18. The van der Waals surface area contributed by atoms with E-state index < -0.39 is 5.97 Å². The number of carboxylic acid groups (broad SMARTS) is 1. The smallest absolute Gasteiger partial charge is 0.382 e. The third kappa shape index (κ3) is 2.04. The van der Waals surface area contributed by atoms with E-state index >= 15 is 0 Å². The van der Waals surface area contributed by atoms with Gasteiger partial charge in [-0.1, -0.05) is 11.4 Å². The summed E-state index contributed by atoms with van der Waals surface area (Å²) < 4.78 is 3.67. The summed E-state index contributed by atoms with van der Waals surface area (Å²) in [6.45, 7) is 1.92. The van der Waals surface area contributed by atoms with E-state index in [0.29, 0.717) is 4.88 Å². The molecule has 0 spiro atoms. The fourth-order valence-electron chi connectivity index (χ4n) is 0.645. The number of hydrogen-bond donors (Lipinski definition) is 1. The molecule has 5 heteroatoms. The molecule has 0 fully saturated rings. The Morgan fingerprint density at radius 3 is 3.08 bits per heavy atom. The highest BCUT2D eigenvalue weighted by atomic mass is 32.1. The molecule has 62 valence electrons. The van der Waals surface area contributed by atoms with Crippen molar-refractivity contribution in [2.24, 2.45) is 0 Å². The summed E-state index contributed by atoms with van der Waals surface area (Å²) in [6, 6.07) is 0. The van der Waals surface area contributed by atoms with Crippen LogP contribution in [-0.4, -0.2) is 20.7 Å². The third-order valence-corrected chi connectivity index (χ3v) is 1.86. The number of carboxylic acids is 1. The van der Waals surface area contributed by atoms with Crippen LogP contribution >= 0.6 is 11.5 Å². The van der Waals surface area contributed by atoms with Gasteiger partial charge in [-0.15, -0.1) is 5.10 Å². The first-order chi connectivity index (χ1) is 5.74. The average molecular weight is 182 g/mol. The van der Waals surface area contributed by atoms with Crippen molar-refractivity contribution in [3.05, 3.63) is 10.6 Å². The molecule has 0 saturated carbocycles. The lowest BCUT2D eigenvalue weighted by Crippen LogP contribution is -1.88. The van der Waals surface area contributed by atoms with Crippen LogP contribution in [0, 0.1) is 11.8 Å². The first-order valence-corrected chi connectivity index (χ1v) is 4.07. The summed E-state index contributed by atoms with van der Waals surface area (Å²) in [5.41, 5.74) is 0.758. The third-order valence-electron chi connectivity index (χ3n) is 1.17. The van der Waals surface area contributed by atoms with Crippen LogP contribution in [0.2, 0.25) is 0 Å². The summed E-state index contributed by atoms with van der Waals surface area (Å²) in [6.07, 6.45) is 0.722. The van der Waals surface area contributed by atoms with Gasteiger partial charge in [0, 0.05) is 5.92 Å². The van der Waals surface area contributed by atoms with E-state index in [1.165, 1.54) is 0 Å². The van der Waals surface area contributed by atoms with Gasteiger partial charge in [0.25, 0.3) is 0 Å². The molecule has 1 N–H and O–H groups in total. The number of nitrogens with zero attached hydrogens (tertiary/aromatic N) is 2. The highest BCUT2D eigenvalue weighted by Gasteiger charge is 2.01. The van der Waals surface area contributed by atoms with Crippen LogP contribution in [0.3, 0.4) is 0 Å². The summed E-state index contributed by atoms with van der Waals surface area (Å²) in [5.74, 6) is 3.37. The van der Waals surface area contributed by atoms with E-state index in [9.17, 15) is 4.79 Å². The van der Waals surface area contributed by atoms with E-state index in [0.717, 1.165) is 23.6 Å². The standard InChI is InChI=1S/C7H6N2O2S/c1-2-5-6(12-9-8-5)3-4-7(10)11/h2H2,1H3,(H,10,11). The Morgan fingerprint density at radius 2 is 2.50 bits per heavy atom. The molecule has 0 radical (unpaired) electrons. The van der Waals surface area contributed by atoms with Crippen molar-refractivity contribution >= 4 is 17.5 Å². The Labute approximate surface area is 73.4 Å². The molecule has 1 aromatic heterocycles. The number of rotatable bonds is 1. The van der Waals surface area contributed by atoms with Gasteiger partial charge in [-0.05, 0) is 23.9 Å². The lowest BCUT2D eigenvalue weighted by Gasteiger charge is -1.83. The largest absolute Gasteiger partial charge is 0.472 e. The van der Waals surface area contributed by atoms with Gasteiger partial charge in [0.05, 0.1) is 5.69 Å². The monoisotopic (exact) mass is 182 g/mol. The highest BCUT2D eigenvalue weighted by Crippen LogP contribution is 2.08. The quantitative estimate of drug-likeness (QED) is 0.644. The van der Waals surface area contributed by atoms with Crippen molar-refractivity contribution in [1.82, 2.24) is 9.59 Å². The SMILES string of the molecule is CCc1nnsc1C#CC(=O)O. The van der Waals surface area contributed by atoms with Crippen molar-refractivity contribution in [2.45, 2.75) is 13.3 Å². The van der Waals surface area contributed by atoms with Crippen molar-refractivity contribution in [2.75, 3.05) is 0 Å². The molecule has 0 aliphatic carbocycles. The first kappa shape index (κ1) is 8.68. The topological polar surface area (TPSA) is 63.1 Å². The molecule has 0 atom stereocenters. The minimum absolute atomic E-state index is 0.639. The molecule has 0 amide bonds. The summed E-state index contributed by atoms with van der Waals surface area (Å²) in [4.78, 5) is 10.7. The maximum absolute atomic E-state index is 10.1. The lowest BCUT2D eigenvalue weighted by atomic mass is 10.3. The summed E-state index contributed by atoms with van der Waals surface area (Å²) in [7, 11) is 0. The van der Waals surface area contributed by atoms with Crippen LogP contribution in [0.15, 0.2) is 0 Å². The van der Waals surface area contributed by atoms with Gasteiger partial charge in [-0.25, -0.2) is 4.79 Å². The van der Waals surface area contributed by atoms with Gasteiger partial charge in [-0.3, -0.25) is 0 Å². The highest BCUT2D eigenvalue weighted by molar-refractivity contribution is 7.06. The Morgan fingerprint density at radius 1 is 1.75 bits per heavy atom. The minimum atomic E-state index is -1.13. The van der Waals surface area contributed by atoms with Gasteiger partial charge in [-0.2, -0.15) is 0 Å². The molecule has 0 aromatic carbocycles. The van der Waals surface area contributed by atoms with Gasteiger partial charge >= 0.3 is 5.97 Å². The molecule has 1 heterocycles. The Hall–Kier alpha value is -1.41. The van der Waals surface area contributed by atoms with Gasteiger partial charge < -0.3 is 5.11 Å². The van der Waals surface area contributed by atoms with E-state index in [1.807, 2.05) is 12.8 Å². The van der Waals surface area contributed by atoms with E-state index in [-0.39, 0.29) is 0 Å². The predicted molar refractivity (Wildman–Crippen MR) is 43.8 cm³/mol. The zero-order chi connectivity index (χ0) is 8.97. The molecule has 4 nitrogen and oxygen atoms in total. The number of aromatic nitrogens is 2. The first-order valence-electron chi connectivity index (χ1n) is 3.30. The molecule has 0 aliphatic rings. The van der Waals surface area contributed by atoms with Gasteiger partial charge in [0.1, 0.15) is 4.88 Å². The van der Waals surface area contributed by atoms with Crippen LogP contribution in [-0.2, 0) is 11.2 Å². The second-order valence-electron chi connectivity index (χ2n) is 1.96. The molecule has 1 rings (SSSR count). The number of hydrogen-bond acceptors (Lipinski definition) is 4. The molecular weight excluding hydrogens is 176 g/mol. The number of aryl methyl sites for hydroxylation is 1. The molecule has 0 aliphatic heterocycles. The van der Waals surface area contributed by atoms with Crippen molar-refractivity contribution in [1.29, 1.82) is 0 Å². The summed E-state index contributed by atoms with van der Waals surface area (Å²) in [5, 5.41) is 12.1. The minimum Gasteiger partial charge on any atom is -0.472 e. The maximum Gasteiger partial charge on any atom is 0.382 e. The molecule has 12 heavy (non-hydrogen) atoms. The second-order valence-corrected chi connectivity index (χ2v) is 2.71. The lowest BCUT2D eigenvalue weighted by molar-refractivity contribution is -0.130. The van der Waals surface area contributed by atoms with Crippen LogP contribution in [0.4, 0.5) is 0 Å². The number of carbonyl (C=O) groups is 1. The van der Waals surface area contributed by atoms with Crippen molar-refractivity contribution < 1.29 is 9.90 Å². The van der Waals surface area contributed by atoms with E-state index in [2.05, 4.69) is 15.5 Å². The second kappa shape index (κ2) is 3.83. The summed E-state index contributed by atoms with van der Waals surface area (Å²) >= 11 is 1.12. The van der Waals surface area contributed by atoms with Crippen LogP contribution in [0.25, 0.3) is 0 Å². The van der Waals surface area contributed by atoms with Gasteiger partial charge in [0.15, 0.2) is 0 Å². The normalized spacial score (nSPS) is 8.75. The Balaban J connectivity index is 2.90. The number of aliphatic carboxylic acids is 1. The molecule has 1 aromatic rings. The van der Waals surface area contributed by atoms with Crippen LogP contribution < -0.4 is 0 Å². The fourth-order valence-corrected chi connectivity index (χ4v) is 1.25.